The molecule has 0 aliphatic carbocycles. The van der Waals surface area contributed by atoms with E-state index in [9.17, 15) is 11.0 Å². The van der Waals surface area contributed by atoms with Gasteiger partial charge in [-0.15, -0.1) is 0 Å². The molecule has 5 heteroatoms. The minimum Gasteiger partial charge on any atom is -0.458 e. The van der Waals surface area contributed by atoms with Crippen LogP contribution in [0, 0.1) is 6.33 Å². The molecule has 0 unspecified atom stereocenters. The van der Waals surface area contributed by atoms with Crippen LogP contribution in [-0.2, 0) is 27.1 Å². The van der Waals surface area contributed by atoms with Gasteiger partial charge in [-0.1, -0.05) is 237 Å². The monoisotopic (exact) mass is 1120 g/mol. The van der Waals surface area contributed by atoms with Crippen LogP contribution in [0.4, 0.5) is 0 Å². The summed E-state index contributed by atoms with van der Waals surface area (Å²) in [6.07, 6.45) is 5.76. The molecule has 0 N–H and O–H groups in total. The van der Waals surface area contributed by atoms with Crippen LogP contribution in [0.25, 0.3) is 106 Å². The number of rotatable bonds is 6. The quantitative estimate of drug-likeness (QED) is 0.123. The van der Waals surface area contributed by atoms with Crippen LogP contribution >= 0.6 is 0 Å². The maximum atomic E-state index is 10.2. The highest BCUT2D eigenvalue weighted by molar-refractivity contribution is 6.09. The molecular formula is C80H78N4O. The summed E-state index contributed by atoms with van der Waals surface area (Å²) in [6.45, 7) is 33.0. The van der Waals surface area contributed by atoms with Crippen LogP contribution < -0.4 is 9.30 Å². The van der Waals surface area contributed by atoms with E-state index in [0.717, 1.165) is 72.1 Å². The predicted octanol–water partition coefficient (Wildman–Crippen LogP) is 21.1. The highest BCUT2D eigenvalue weighted by Gasteiger charge is 2.30. The van der Waals surface area contributed by atoms with Gasteiger partial charge in [0, 0.05) is 23.0 Å². The Bertz CT molecular complexity index is 5070. The van der Waals surface area contributed by atoms with E-state index in [1.54, 1.807) is 0 Å². The smallest absolute Gasteiger partial charge is 0.269 e. The molecule has 1 aliphatic rings. The first-order chi connectivity index (χ1) is 43.6. The Morgan fingerprint density at radius 3 is 1.54 bits per heavy atom. The van der Waals surface area contributed by atoms with Gasteiger partial charge < -0.3 is 4.74 Å². The molecule has 1 aliphatic heterocycles. The number of nitrogens with zero attached hydrogens (tertiary/aromatic N) is 4. The first-order valence-electron chi connectivity index (χ1n) is 33.6. The predicted molar refractivity (Wildman–Crippen MR) is 357 cm³/mol. The van der Waals surface area contributed by atoms with E-state index < -0.39 is 36.3 Å². The van der Waals surface area contributed by atoms with Crippen LogP contribution in [0.15, 0.2) is 200 Å². The summed E-state index contributed by atoms with van der Waals surface area (Å²) in [7, 11) is 0. The molecule has 0 spiro atoms. The lowest BCUT2D eigenvalue weighted by molar-refractivity contribution is -0.570. The molecule has 85 heavy (non-hydrogen) atoms. The number of aromatic nitrogens is 4. The number of hydrogen-bond donors (Lipinski definition) is 0. The summed E-state index contributed by atoms with van der Waals surface area (Å²) < 4.78 is 90.9. The number of fused-ring (bicyclic) bond motifs is 10. The molecular weight excluding hydrogens is 1030 g/mol. The lowest BCUT2D eigenvalue weighted by Crippen LogP contribution is -2.32. The van der Waals surface area contributed by atoms with Crippen molar-refractivity contribution >= 4 is 32.8 Å². The summed E-state index contributed by atoms with van der Waals surface area (Å²) in [6, 6.07) is 46.4. The zero-order valence-corrected chi connectivity index (χ0v) is 51.6. The Balaban J connectivity index is 1.16. The van der Waals surface area contributed by atoms with Crippen LogP contribution in [-0.4, -0.2) is 14.1 Å². The molecule has 0 saturated carbocycles. The van der Waals surface area contributed by atoms with Crippen LogP contribution in [0.1, 0.15) is 143 Å². The number of benzene rings is 9. The number of imidazole rings is 1. The van der Waals surface area contributed by atoms with Crippen molar-refractivity contribution in [2.75, 3.05) is 0 Å². The molecule has 424 valence electrons. The van der Waals surface area contributed by atoms with Gasteiger partial charge in [0.05, 0.1) is 44.4 Å². The lowest BCUT2D eigenvalue weighted by Gasteiger charge is -2.27. The second-order valence-corrected chi connectivity index (χ2v) is 28.2. The van der Waals surface area contributed by atoms with Crippen molar-refractivity contribution in [1.82, 2.24) is 14.1 Å². The van der Waals surface area contributed by atoms with Crippen molar-refractivity contribution in [3.8, 4) is 84.3 Å². The molecule has 0 saturated heterocycles. The van der Waals surface area contributed by atoms with E-state index in [-0.39, 0.29) is 61.4 Å². The van der Waals surface area contributed by atoms with Crippen LogP contribution in [0.3, 0.4) is 0 Å². The van der Waals surface area contributed by atoms with E-state index in [0.29, 0.717) is 45.0 Å². The van der Waals surface area contributed by atoms with E-state index in [1.165, 1.54) is 5.56 Å². The van der Waals surface area contributed by atoms with Gasteiger partial charge in [0.1, 0.15) is 17.3 Å². The van der Waals surface area contributed by atoms with Gasteiger partial charge in [0.25, 0.3) is 6.33 Å². The number of para-hydroxylation sites is 2. The third-order valence-electron chi connectivity index (χ3n) is 16.9. The maximum Gasteiger partial charge on any atom is 0.269 e. The molecule has 0 radical (unpaired) electrons. The van der Waals surface area contributed by atoms with Crippen molar-refractivity contribution in [2.45, 2.75) is 131 Å². The average molecular weight is 1120 g/mol. The third-order valence-corrected chi connectivity index (χ3v) is 16.9. The fourth-order valence-electron chi connectivity index (χ4n) is 12.0. The summed E-state index contributed by atoms with van der Waals surface area (Å²) in [4.78, 5) is 4.93. The van der Waals surface area contributed by atoms with E-state index in [1.807, 2.05) is 76.0 Å². The topological polar surface area (TPSA) is 35.9 Å². The van der Waals surface area contributed by atoms with Gasteiger partial charge in [-0.05, 0) is 165 Å². The van der Waals surface area contributed by atoms with Crippen molar-refractivity contribution in [1.29, 1.82) is 0 Å². The molecule has 0 amide bonds. The Hall–Kier alpha value is -8.80. The van der Waals surface area contributed by atoms with E-state index in [2.05, 4.69) is 200 Å². The fraction of sp³-hybridized carbons (Fsp3) is 0.250. The van der Waals surface area contributed by atoms with Crippen molar-refractivity contribution in [3.05, 3.63) is 234 Å². The normalized spacial score (nSPS) is 14.2. The summed E-state index contributed by atoms with van der Waals surface area (Å²) in [5, 5.41) is 2.15. The SMILES string of the molecule is [2H]c1c([2H])c([2H])c2c(c1[2H])-c1cccc(-c3cc(C(C)(C)C)cc(C(C)(C)C)c3)c1-[n+]1[c-]n(-c3cccc(Oc4ccc5c6ccccc6n(-c6cc(C(C)(C)C)ccn6)c5c4)c3)c3cc(-c4cc(C(C)(C)C)cc(C(C)(C)C)c4)cc(c31)-c1c([2H])c([2H])c([2H])c([2H])c1-2. The molecule has 9 aromatic carbocycles. The molecule has 13 rings (SSSR count). The first-order valence-corrected chi connectivity index (χ1v) is 29.6. The molecule has 0 atom stereocenters. The standard InChI is InChI=1S/C80H78N4O/c1-76(2,3)53-36-37-81-73(46-53)84-70-33-21-20-30-66(70)67-35-34-60(48-71(67)84)85-59-25-22-24-58(47-59)82-49-83-74-61(52-40-56(79(10,11)12)45-57(41-52)80(13,14)15)31-23-32-68(74)64-28-18-16-26-62(64)63-27-17-19-29-65(63)69-42-51(43-72(82)75(69)83)50-38-54(77(4,5)6)44-55(39-50)78(7,8)9/h16-48H,1-15H3/i16D,17D,18D,19D,26D,27D,28D,29D. The number of hydrogen-bond acceptors (Lipinski definition) is 2. The Labute approximate surface area is 514 Å². The van der Waals surface area contributed by atoms with Gasteiger partial charge in [0.2, 0.25) is 0 Å². The maximum absolute atomic E-state index is 10.2. The third kappa shape index (κ3) is 9.95. The number of ether oxygens (including phenoxy) is 1. The van der Waals surface area contributed by atoms with Gasteiger partial charge in [0.15, 0.2) is 0 Å². The molecule has 0 fully saturated rings. The van der Waals surface area contributed by atoms with Gasteiger partial charge >= 0.3 is 0 Å². The Morgan fingerprint density at radius 1 is 0.412 bits per heavy atom. The average Bonchev–Trinajstić information content (AvgIpc) is 1.62. The second kappa shape index (κ2) is 19.9. The summed E-state index contributed by atoms with van der Waals surface area (Å²) in [5.41, 5.74) is 12.9. The highest BCUT2D eigenvalue weighted by Crippen LogP contribution is 2.48. The van der Waals surface area contributed by atoms with Gasteiger partial charge in [-0.25, -0.2) is 4.98 Å². The molecule has 12 aromatic rings. The van der Waals surface area contributed by atoms with Gasteiger partial charge in [-0.2, -0.15) is 0 Å². The van der Waals surface area contributed by atoms with Crippen molar-refractivity contribution in [2.24, 2.45) is 0 Å². The summed E-state index contributed by atoms with van der Waals surface area (Å²) >= 11 is 0. The fourth-order valence-corrected chi connectivity index (χ4v) is 12.0. The Morgan fingerprint density at radius 2 is 0.929 bits per heavy atom. The summed E-state index contributed by atoms with van der Waals surface area (Å²) in [5.74, 6) is 1.94. The van der Waals surface area contributed by atoms with E-state index >= 15 is 0 Å². The van der Waals surface area contributed by atoms with Crippen LogP contribution in [0.5, 0.6) is 11.5 Å². The zero-order chi connectivity index (χ0) is 66.7. The highest BCUT2D eigenvalue weighted by atomic mass is 16.5. The van der Waals surface area contributed by atoms with Crippen molar-refractivity contribution < 1.29 is 20.3 Å². The molecule has 0 bridgehead atoms. The van der Waals surface area contributed by atoms with Gasteiger partial charge in [-0.3, -0.25) is 13.7 Å². The first kappa shape index (κ1) is 46.6. The lowest BCUT2D eigenvalue weighted by atomic mass is 9.78. The second-order valence-electron chi connectivity index (χ2n) is 28.2. The van der Waals surface area contributed by atoms with Crippen molar-refractivity contribution in [3.63, 3.8) is 0 Å². The van der Waals surface area contributed by atoms with Crippen LogP contribution in [0.2, 0.25) is 0 Å². The number of pyridine rings is 1. The zero-order valence-electron chi connectivity index (χ0n) is 59.6. The minimum atomic E-state index is -0.528. The van der Waals surface area contributed by atoms with E-state index in [4.69, 9.17) is 9.72 Å². The minimum absolute atomic E-state index is 0.0275. The molecule has 3 aromatic heterocycles. The molecule has 5 nitrogen and oxygen atoms in total. The molecule has 4 heterocycles. The Kier molecular flexibility index (Phi) is 10.9. The largest absolute Gasteiger partial charge is 0.458 e.